The molecule has 1 N–H and O–H groups in total. The zero-order valence-corrected chi connectivity index (χ0v) is 17.5. The van der Waals surface area contributed by atoms with E-state index in [0.717, 1.165) is 29.9 Å². The molecule has 0 amide bonds. The van der Waals surface area contributed by atoms with Crippen molar-refractivity contribution in [3.05, 3.63) is 65.6 Å². The predicted octanol–water partition coefficient (Wildman–Crippen LogP) is 4.04. The van der Waals surface area contributed by atoms with Gasteiger partial charge in [0.1, 0.15) is 0 Å². The summed E-state index contributed by atoms with van der Waals surface area (Å²) in [5.74, 6) is 1.21. The average molecular weight is 409 g/mol. The van der Waals surface area contributed by atoms with Crippen LogP contribution in [0.3, 0.4) is 0 Å². The fraction of sp³-hybridized carbons (Fsp3) is 0.348. The molecule has 0 aliphatic rings. The van der Waals surface area contributed by atoms with Gasteiger partial charge in [0.2, 0.25) is 0 Å². The summed E-state index contributed by atoms with van der Waals surface area (Å²) >= 11 is 0. The van der Waals surface area contributed by atoms with Crippen molar-refractivity contribution in [3.63, 3.8) is 0 Å². The number of para-hydroxylation sites is 1. The summed E-state index contributed by atoms with van der Waals surface area (Å²) in [5.41, 5.74) is 2.81. The fourth-order valence-electron chi connectivity index (χ4n) is 3.33. The van der Waals surface area contributed by atoms with Crippen LogP contribution in [0.1, 0.15) is 43.0 Å². The van der Waals surface area contributed by atoms with Gasteiger partial charge < -0.3 is 14.6 Å². The first-order valence-electron chi connectivity index (χ1n) is 10.00. The molecule has 0 saturated carbocycles. The quantitative estimate of drug-likeness (QED) is 0.509. The molecule has 0 spiro atoms. The number of pyridine rings is 1. The molecule has 0 saturated heterocycles. The zero-order valence-electron chi connectivity index (χ0n) is 17.5. The minimum Gasteiger partial charge on any atom is -0.493 e. The van der Waals surface area contributed by atoms with Gasteiger partial charge in [-0.3, -0.25) is 4.79 Å². The second-order valence-corrected chi connectivity index (χ2v) is 7.30. The third-order valence-electron chi connectivity index (χ3n) is 4.71. The molecule has 0 aliphatic carbocycles. The highest BCUT2D eigenvalue weighted by Gasteiger charge is 2.15. The Balaban J connectivity index is 1.69. The second-order valence-electron chi connectivity index (χ2n) is 7.30. The number of rotatable bonds is 10. The van der Waals surface area contributed by atoms with Crippen molar-refractivity contribution in [2.24, 2.45) is 0 Å². The summed E-state index contributed by atoms with van der Waals surface area (Å²) in [4.78, 5) is 15.5. The van der Waals surface area contributed by atoms with E-state index in [2.05, 4.69) is 18.8 Å². The van der Waals surface area contributed by atoms with Crippen LogP contribution in [0.5, 0.6) is 11.5 Å². The number of methoxy groups -OCH3 is 1. The highest BCUT2D eigenvalue weighted by atomic mass is 16.5. The summed E-state index contributed by atoms with van der Waals surface area (Å²) in [5, 5.41) is 13.9. The average Bonchev–Trinajstić information content (AvgIpc) is 3.16. The highest BCUT2D eigenvalue weighted by molar-refractivity contribution is 5.72. The van der Waals surface area contributed by atoms with Crippen LogP contribution in [0.25, 0.3) is 5.82 Å². The molecule has 3 rings (SSSR count). The van der Waals surface area contributed by atoms with E-state index in [1.165, 1.54) is 0 Å². The van der Waals surface area contributed by atoms with Crippen molar-refractivity contribution in [3.8, 4) is 17.3 Å². The van der Waals surface area contributed by atoms with E-state index in [4.69, 9.17) is 19.7 Å². The highest BCUT2D eigenvalue weighted by Crippen LogP contribution is 2.32. The maximum absolute atomic E-state index is 11.1. The molecule has 7 nitrogen and oxygen atoms in total. The number of nitrogens with zero attached hydrogens (tertiary/aromatic N) is 3. The van der Waals surface area contributed by atoms with Crippen LogP contribution in [0.15, 0.2) is 48.8 Å². The molecular weight excluding hydrogens is 382 g/mol. The lowest BCUT2D eigenvalue weighted by atomic mass is 10.0. The van der Waals surface area contributed by atoms with E-state index in [1.54, 1.807) is 31.5 Å². The van der Waals surface area contributed by atoms with Gasteiger partial charge in [-0.25, -0.2) is 9.67 Å². The van der Waals surface area contributed by atoms with Crippen molar-refractivity contribution in [1.29, 1.82) is 0 Å². The van der Waals surface area contributed by atoms with E-state index < -0.39 is 5.97 Å². The Morgan fingerprint density at radius 1 is 1.17 bits per heavy atom. The molecule has 3 aromatic rings. The third kappa shape index (κ3) is 5.17. The maximum Gasteiger partial charge on any atom is 0.307 e. The normalized spacial score (nSPS) is 10.9. The van der Waals surface area contributed by atoms with Crippen molar-refractivity contribution in [2.75, 3.05) is 13.7 Å². The van der Waals surface area contributed by atoms with Crippen molar-refractivity contribution in [1.82, 2.24) is 14.8 Å². The number of carboxylic acids is 1. The van der Waals surface area contributed by atoms with Crippen molar-refractivity contribution in [2.45, 2.75) is 39.0 Å². The van der Waals surface area contributed by atoms with Crippen LogP contribution in [-0.2, 0) is 17.6 Å². The Bertz CT molecular complexity index is 983. The second kappa shape index (κ2) is 9.91. The summed E-state index contributed by atoms with van der Waals surface area (Å²) in [6.45, 7) is 4.69. The van der Waals surface area contributed by atoms with E-state index in [1.807, 2.05) is 29.1 Å². The van der Waals surface area contributed by atoms with Gasteiger partial charge in [0.15, 0.2) is 17.3 Å². The number of benzene rings is 1. The molecule has 0 unspecified atom stereocenters. The Hall–Kier alpha value is -3.35. The molecule has 0 atom stereocenters. The molecule has 2 heterocycles. The Labute approximate surface area is 176 Å². The summed E-state index contributed by atoms with van der Waals surface area (Å²) < 4.78 is 13.1. The monoisotopic (exact) mass is 409 g/mol. The zero-order chi connectivity index (χ0) is 21.5. The molecule has 0 radical (unpaired) electrons. The summed E-state index contributed by atoms with van der Waals surface area (Å²) in [6, 6.07) is 11.0. The third-order valence-corrected chi connectivity index (χ3v) is 4.71. The van der Waals surface area contributed by atoms with Gasteiger partial charge in [0.25, 0.3) is 0 Å². The minimum absolute atomic E-state index is 0.110. The molecule has 1 aromatic carbocycles. The molecule has 7 heteroatoms. The first kappa shape index (κ1) is 21.4. The number of aryl methyl sites for hydroxylation is 1. The van der Waals surface area contributed by atoms with Crippen LogP contribution in [-0.4, -0.2) is 39.6 Å². The van der Waals surface area contributed by atoms with Crippen LogP contribution in [0.2, 0.25) is 0 Å². The van der Waals surface area contributed by atoms with Gasteiger partial charge in [-0.2, -0.15) is 5.10 Å². The largest absolute Gasteiger partial charge is 0.493 e. The van der Waals surface area contributed by atoms with Gasteiger partial charge in [0, 0.05) is 18.0 Å². The first-order chi connectivity index (χ1) is 14.5. The van der Waals surface area contributed by atoms with Crippen LogP contribution in [0, 0.1) is 0 Å². The van der Waals surface area contributed by atoms with Gasteiger partial charge in [0.05, 0.1) is 25.8 Å². The Morgan fingerprint density at radius 2 is 2.00 bits per heavy atom. The Morgan fingerprint density at radius 3 is 2.67 bits per heavy atom. The number of hydrogen-bond donors (Lipinski definition) is 1. The first-order valence-corrected chi connectivity index (χ1v) is 10.00. The van der Waals surface area contributed by atoms with Crippen LogP contribution < -0.4 is 9.47 Å². The smallest absolute Gasteiger partial charge is 0.307 e. The van der Waals surface area contributed by atoms with Crippen LogP contribution in [0.4, 0.5) is 0 Å². The molecule has 30 heavy (non-hydrogen) atoms. The summed E-state index contributed by atoms with van der Waals surface area (Å²) in [7, 11) is 1.55. The van der Waals surface area contributed by atoms with Gasteiger partial charge in [-0.05, 0) is 42.5 Å². The van der Waals surface area contributed by atoms with Gasteiger partial charge >= 0.3 is 5.97 Å². The number of carboxylic acid groups (broad SMARTS) is 1. The summed E-state index contributed by atoms with van der Waals surface area (Å²) in [6.07, 6.45) is 5.22. The van der Waals surface area contributed by atoms with E-state index in [9.17, 15) is 4.79 Å². The lowest BCUT2D eigenvalue weighted by molar-refractivity contribution is -0.136. The predicted molar refractivity (Wildman–Crippen MR) is 114 cm³/mol. The minimum atomic E-state index is -0.906. The fourth-order valence-corrected chi connectivity index (χ4v) is 3.33. The maximum atomic E-state index is 11.1. The van der Waals surface area contributed by atoms with Gasteiger partial charge in [-0.15, -0.1) is 0 Å². The Kier molecular flexibility index (Phi) is 7.06. The van der Waals surface area contributed by atoms with Gasteiger partial charge in [-0.1, -0.05) is 32.0 Å². The SMILES string of the molecule is COc1cccc(CC(=O)O)c1OCCCc1cn(-c2ccccn2)nc1C(C)C. The van der Waals surface area contributed by atoms with E-state index >= 15 is 0 Å². The number of aliphatic carboxylic acids is 1. The van der Waals surface area contributed by atoms with Crippen molar-refractivity contribution < 1.29 is 19.4 Å². The van der Waals surface area contributed by atoms with E-state index in [0.29, 0.717) is 29.6 Å². The number of aromatic nitrogens is 3. The molecule has 2 aromatic heterocycles. The molecule has 0 bridgehead atoms. The molecule has 0 fully saturated rings. The molecular formula is C23H27N3O4. The lowest BCUT2D eigenvalue weighted by Crippen LogP contribution is -2.07. The number of carbonyl (C=O) groups is 1. The number of hydrogen-bond acceptors (Lipinski definition) is 5. The molecule has 158 valence electrons. The topological polar surface area (TPSA) is 86.5 Å². The van der Waals surface area contributed by atoms with Crippen LogP contribution >= 0.6 is 0 Å². The standard InChI is InChI=1S/C23H27N3O4/c1-16(2)22-18(15-26(25-22)20-11-4-5-12-24-20)9-7-13-30-23-17(14-21(27)28)8-6-10-19(23)29-3/h4-6,8,10-12,15-16H,7,9,13-14H2,1-3H3,(H,27,28). The molecule has 0 aliphatic heterocycles. The number of ether oxygens (including phenoxy) is 2. The van der Waals surface area contributed by atoms with E-state index in [-0.39, 0.29) is 6.42 Å². The lowest BCUT2D eigenvalue weighted by Gasteiger charge is -2.14. The van der Waals surface area contributed by atoms with Crippen molar-refractivity contribution >= 4 is 5.97 Å².